The van der Waals surface area contributed by atoms with Crippen LogP contribution in [0, 0.1) is 0 Å². The molecule has 0 aromatic heterocycles. The summed E-state index contributed by atoms with van der Waals surface area (Å²) >= 11 is 0. The zero-order valence-corrected chi connectivity index (χ0v) is 9.61. The summed E-state index contributed by atoms with van der Waals surface area (Å²) in [7, 11) is 0. The fourth-order valence-electron chi connectivity index (χ4n) is 1.20. The maximum absolute atomic E-state index is 11.7. The molecule has 1 aromatic carbocycles. The number of carbonyl (C=O) groups is 2. The summed E-state index contributed by atoms with van der Waals surface area (Å²) in [6.07, 6.45) is 0.643. The van der Waals surface area contributed by atoms with Gasteiger partial charge < -0.3 is 10.5 Å². The molecule has 4 nitrogen and oxygen atoms in total. The first-order chi connectivity index (χ1) is 7.31. The number of nitrogens with two attached hydrogens (primary N) is 1. The molecule has 0 saturated carbocycles. The fraction of sp³-hybridized carbons (Fsp3) is 0.333. The molecule has 0 aliphatic rings. The average Bonchev–Trinajstić information content (AvgIpc) is 2.14. The van der Waals surface area contributed by atoms with Gasteiger partial charge in [-0.05, 0) is 39.0 Å². The van der Waals surface area contributed by atoms with E-state index in [4.69, 9.17) is 10.5 Å². The van der Waals surface area contributed by atoms with Crippen LogP contribution in [0.15, 0.2) is 18.2 Å². The molecule has 0 fully saturated rings. The highest BCUT2D eigenvalue weighted by molar-refractivity contribution is 5.93. The van der Waals surface area contributed by atoms with E-state index in [1.807, 2.05) is 0 Å². The van der Waals surface area contributed by atoms with Gasteiger partial charge in [0.15, 0.2) is 0 Å². The van der Waals surface area contributed by atoms with E-state index < -0.39 is 11.6 Å². The van der Waals surface area contributed by atoms with Crippen molar-refractivity contribution in [1.29, 1.82) is 0 Å². The van der Waals surface area contributed by atoms with Crippen LogP contribution in [0.4, 0.5) is 5.69 Å². The van der Waals surface area contributed by atoms with E-state index in [0.29, 0.717) is 17.5 Å². The van der Waals surface area contributed by atoms with Crippen LogP contribution < -0.4 is 5.73 Å². The van der Waals surface area contributed by atoms with Crippen molar-refractivity contribution in [3.63, 3.8) is 0 Å². The summed E-state index contributed by atoms with van der Waals surface area (Å²) < 4.78 is 5.17. The van der Waals surface area contributed by atoms with Crippen LogP contribution in [0.5, 0.6) is 0 Å². The van der Waals surface area contributed by atoms with E-state index in [-0.39, 0.29) is 5.56 Å². The van der Waals surface area contributed by atoms with Crippen molar-refractivity contribution < 1.29 is 14.3 Å². The summed E-state index contributed by atoms with van der Waals surface area (Å²) in [6, 6.07) is 4.44. The summed E-state index contributed by atoms with van der Waals surface area (Å²) in [5.74, 6) is -0.483. The first-order valence-corrected chi connectivity index (χ1v) is 4.91. The SMILES string of the molecule is CC(C)(C)OC(=O)c1cc(N)cc(C=O)c1. The topological polar surface area (TPSA) is 69.4 Å². The van der Waals surface area contributed by atoms with Gasteiger partial charge >= 0.3 is 5.97 Å². The van der Waals surface area contributed by atoms with Crippen LogP contribution in [0.1, 0.15) is 41.5 Å². The highest BCUT2D eigenvalue weighted by Gasteiger charge is 2.18. The highest BCUT2D eigenvalue weighted by atomic mass is 16.6. The third-order valence-corrected chi connectivity index (χ3v) is 1.75. The Bertz CT molecular complexity index is 419. The van der Waals surface area contributed by atoms with E-state index >= 15 is 0 Å². The fourth-order valence-corrected chi connectivity index (χ4v) is 1.20. The van der Waals surface area contributed by atoms with Crippen molar-refractivity contribution in [2.75, 3.05) is 5.73 Å². The largest absolute Gasteiger partial charge is 0.456 e. The van der Waals surface area contributed by atoms with Gasteiger partial charge in [-0.1, -0.05) is 0 Å². The van der Waals surface area contributed by atoms with Gasteiger partial charge in [-0.15, -0.1) is 0 Å². The Balaban J connectivity index is 3.00. The Kier molecular flexibility index (Phi) is 3.32. The Morgan fingerprint density at radius 2 is 1.94 bits per heavy atom. The van der Waals surface area contributed by atoms with Crippen LogP contribution in [-0.4, -0.2) is 17.9 Å². The van der Waals surface area contributed by atoms with E-state index in [0.717, 1.165) is 0 Å². The number of rotatable bonds is 2. The molecule has 0 heterocycles. The number of esters is 1. The molecule has 1 rings (SSSR count). The summed E-state index contributed by atoms with van der Waals surface area (Å²) in [5.41, 5.74) is 6.02. The third kappa shape index (κ3) is 3.38. The lowest BCUT2D eigenvalue weighted by Crippen LogP contribution is -2.24. The van der Waals surface area contributed by atoms with Crippen LogP contribution in [0.25, 0.3) is 0 Å². The minimum absolute atomic E-state index is 0.289. The molecule has 0 bridgehead atoms. The van der Waals surface area contributed by atoms with E-state index in [1.165, 1.54) is 18.2 Å². The van der Waals surface area contributed by atoms with Crippen molar-refractivity contribution in [2.45, 2.75) is 26.4 Å². The molecule has 0 atom stereocenters. The molecule has 86 valence electrons. The minimum Gasteiger partial charge on any atom is -0.456 e. The smallest absolute Gasteiger partial charge is 0.338 e. The Hall–Kier alpha value is -1.84. The third-order valence-electron chi connectivity index (χ3n) is 1.75. The average molecular weight is 221 g/mol. The Morgan fingerprint density at radius 3 is 2.44 bits per heavy atom. The lowest BCUT2D eigenvalue weighted by molar-refractivity contribution is 0.00696. The highest BCUT2D eigenvalue weighted by Crippen LogP contribution is 2.15. The van der Waals surface area contributed by atoms with Crippen molar-refractivity contribution in [3.05, 3.63) is 29.3 Å². The van der Waals surface area contributed by atoms with E-state index in [9.17, 15) is 9.59 Å². The molecule has 0 amide bonds. The number of benzene rings is 1. The quantitative estimate of drug-likeness (QED) is 0.471. The molecular weight excluding hydrogens is 206 g/mol. The van der Waals surface area contributed by atoms with E-state index in [2.05, 4.69) is 0 Å². The molecule has 0 saturated heterocycles. The van der Waals surface area contributed by atoms with Gasteiger partial charge in [0.05, 0.1) is 5.56 Å². The summed E-state index contributed by atoms with van der Waals surface area (Å²) in [4.78, 5) is 22.3. The predicted molar refractivity (Wildman–Crippen MR) is 61.4 cm³/mol. The van der Waals surface area contributed by atoms with Gasteiger partial charge in [0.1, 0.15) is 11.9 Å². The van der Waals surface area contributed by atoms with Gasteiger partial charge in [0.25, 0.3) is 0 Å². The lowest BCUT2D eigenvalue weighted by atomic mass is 10.1. The minimum atomic E-state index is -0.566. The predicted octanol–water partition coefficient (Wildman–Crippen LogP) is 2.04. The summed E-state index contributed by atoms with van der Waals surface area (Å²) in [5, 5.41) is 0. The Morgan fingerprint density at radius 1 is 1.31 bits per heavy atom. The van der Waals surface area contributed by atoms with Crippen molar-refractivity contribution in [1.82, 2.24) is 0 Å². The van der Waals surface area contributed by atoms with Crippen molar-refractivity contribution in [2.24, 2.45) is 0 Å². The van der Waals surface area contributed by atoms with Crippen LogP contribution in [-0.2, 0) is 4.74 Å². The standard InChI is InChI=1S/C12H15NO3/c1-12(2,3)16-11(15)9-4-8(7-14)5-10(13)6-9/h4-7H,13H2,1-3H3. The van der Waals surface area contributed by atoms with Crippen molar-refractivity contribution in [3.8, 4) is 0 Å². The summed E-state index contributed by atoms with van der Waals surface area (Å²) in [6.45, 7) is 5.33. The molecule has 0 unspecified atom stereocenters. The first-order valence-electron chi connectivity index (χ1n) is 4.91. The number of anilines is 1. The van der Waals surface area contributed by atoms with Gasteiger partial charge in [-0.25, -0.2) is 4.79 Å². The van der Waals surface area contributed by atoms with Gasteiger partial charge in [0.2, 0.25) is 0 Å². The number of nitrogen functional groups attached to an aromatic ring is 1. The number of ether oxygens (including phenoxy) is 1. The maximum Gasteiger partial charge on any atom is 0.338 e. The van der Waals surface area contributed by atoms with Crippen LogP contribution in [0.2, 0.25) is 0 Å². The molecule has 4 heteroatoms. The molecule has 0 aliphatic carbocycles. The van der Waals surface area contributed by atoms with Gasteiger partial charge in [-0.2, -0.15) is 0 Å². The molecule has 0 aliphatic heterocycles. The monoisotopic (exact) mass is 221 g/mol. The number of carbonyl (C=O) groups excluding carboxylic acids is 2. The molecule has 2 N–H and O–H groups in total. The number of hydrogen-bond acceptors (Lipinski definition) is 4. The van der Waals surface area contributed by atoms with Crippen LogP contribution >= 0.6 is 0 Å². The molecular formula is C12H15NO3. The molecule has 0 spiro atoms. The molecule has 1 aromatic rings. The number of hydrogen-bond donors (Lipinski definition) is 1. The Labute approximate surface area is 94.4 Å². The van der Waals surface area contributed by atoms with Crippen molar-refractivity contribution >= 4 is 17.9 Å². The number of aldehydes is 1. The second kappa shape index (κ2) is 4.35. The second-order valence-corrected chi connectivity index (χ2v) is 4.51. The molecule has 0 radical (unpaired) electrons. The zero-order valence-electron chi connectivity index (χ0n) is 9.61. The lowest BCUT2D eigenvalue weighted by Gasteiger charge is -2.19. The van der Waals surface area contributed by atoms with E-state index in [1.54, 1.807) is 20.8 Å². The maximum atomic E-state index is 11.7. The van der Waals surface area contributed by atoms with Crippen LogP contribution in [0.3, 0.4) is 0 Å². The second-order valence-electron chi connectivity index (χ2n) is 4.51. The normalized spacial score (nSPS) is 10.9. The zero-order chi connectivity index (χ0) is 12.3. The van der Waals surface area contributed by atoms with Gasteiger partial charge in [0, 0.05) is 11.3 Å². The molecule has 16 heavy (non-hydrogen) atoms. The van der Waals surface area contributed by atoms with Gasteiger partial charge in [-0.3, -0.25) is 4.79 Å². The first kappa shape index (κ1) is 12.2.